The lowest BCUT2D eigenvalue weighted by molar-refractivity contribution is 0.779. The van der Waals surface area contributed by atoms with Crippen molar-refractivity contribution in [2.24, 2.45) is 0 Å². The molecule has 0 fully saturated rings. The van der Waals surface area contributed by atoms with Gasteiger partial charge < -0.3 is 5.73 Å². The molecular weight excluding hydrogens is 156 g/mol. The summed E-state index contributed by atoms with van der Waals surface area (Å²) in [5, 5.41) is 7.39. The number of nitrogens with zero attached hydrogens (tertiary/aromatic N) is 5. The molecule has 2 aromatic heterocycles. The van der Waals surface area contributed by atoms with Crippen LogP contribution in [0.2, 0.25) is 0 Å². The van der Waals surface area contributed by atoms with Gasteiger partial charge in [-0.1, -0.05) is 5.21 Å². The molecule has 0 atom stereocenters. The second-order valence-corrected chi connectivity index (χ2v) is 2.12. The van der Waals surface area contributed by atoms with Gasteiger partial charge in [0.05, 0.1) is 12.4 Å². The van der Waals surface area contributed by atoms with Gasteiger partial charge >= 0.3 is 0 Å². The molecule has 0 saturated carbocycles. The van der Waals surface area contributed by atoms with Gasteiger partial charge in [0, 0.05) is 12.3 Å². The van der Waals surface area contributed by atoms with E-state index in [0.717, 1.165) is 0 Å². The summed E-state index contributed by atoms with van der Waals surface area (Å²) in [6.45, 7) is 0. The Kier molecular flexibility index (Phi) is 1.44. The van der Waals surface area contributed by atoms with Crippen LogP contribution in [0.4, 0.5) is 5.95 Å². The first kappa shape index (κ1) is 6.71. The minimum atomic E-state index is 0.225. The van der Waals surface area contributed by atoms with E-state index in [0.29, 0.717) is 5.82 Å². The Morgan fingerprint density at radius 3 is 2.92 bits per heavy atom. The van der Waals surface area contributed by atoms with E-state index < -0.39 is 0 Å². The molecule has 0 aromatic carbocycles. The fourth-order valence-corrected chi connectivity index (χ4v) is 0.822. The van der Waals surface area contributed by atoms with Gasteiger partial charge in [-0.3, -0.25) is 0 Å². The zero-order valence-electron chi connectivity index (χ0n) is 6.12. The van der Waals surface area contributed by atoms with Crippen LogP contribution in [0.5, 0.6) is 0 Å². The lowest BCUT2D eigenvalue weighted by Gasteiger charge is -1.97. The van der Waals surface area contributed by atoms with Gasteiger partial charge in [0.15, 0.2) is 5.82 Å². The van der Waals surface area contributed by atoms with Gasteiger partial charge in [-0.05, 0) is 0 Å². The Bertz CT molecular complexity index is 367. The van der Waals surface area contributed by atoms with Crippen molar-refractivity contribution >= 4 is 5.95 Å². The SMILES string of the molecule is Nc1nccc(-n2ccnn2)n1. The van der Waals surface area contributed by atoms with E-state index in [2.05, 4.69) is 20.3 Å². The number of nitrogens with two attached hydrogens (primary N) is 1. The molecule has 2 N–H and O–H groups in total. The smallest absolute Gasteiger partial charge is 0.222 e. The van der Waals surface area contributed by atoms with E-state index in [9.17, 15) is 0 Å². The molecule has 6 heteroatoms. The van der Waals surface area contributed by atoms with Crippen LogP contribution in [-0.2, 0) is 0 Å². The van der Waals surface area contributed by atoms with Crippen LogP contribution in [0.25, 0.3) is 5.82 Å². The molecule has 12 heavy (non-hydrogen) atoms. The summed E-state index contributed by atoms with van der Waals surface area (Å²) < 4.78 is 1.51. The van der Waals surface area contributed by atoms with E-state index in [-0.39, 0.29) is 5.95 Å². The van der Waals surface area contributed by atoms with Crippen molar-refractivity contribution < 1.29 is 0 Å². The topological polar surface area (TPSA) is 82.5 Å². The second-order valence-electron chi connectivity index (χ2n) is 2.12. The standard InChI is InChI=1S/C6H6N6/c7-6-8-2-1-5(10-6)12-4-3-9-11-12/h1-4H,(H2,7,8,10). The second kappa shape index (κ2) is 2.57. The third kappa shape index (κ3) is 1.09. The average Bonchev–Trinajstić information content (AvgIpc) is 2.56. The Morgan fingerprint density at radius 2 is 2.25 bits per heavy atom. The predicted octanol–water partition coefficient (Wildman–Crippen LogP) is -0.361. The zero-order chi connectivity index (χ0) is 8.39. The van der Waals surface area contributed by atoms with Crippen LogP contribution >= 0.6 is 0 Å². The maximum Gasteiger partial charge on any atom is 0.222 e. The molecular formula is C6H6N6. The third-order valence-electron chi connectivity index (χ3n) is 1.32. The fourth-order valence-electron chi connectivity index (χ4n) is 0.822. The van der Waals surface area contributed by atoms with E-state index in [1.807, 2.05) is 0 Å². The van der Waals surface area contributed by atoms with Gasteiger partial charge in [-0.15, -0.1) is 5.10 Å². The highest BCUT2D eigenvalue weighted by Gasteiger charge is 1.97. The van der Waals surface area contributed by atoms with Crippen LogP contribution in [0.1, 0.15) is 0 Å². The van der Waals surface area contributed by atoms with Gasteiger partial charge in [0.2, 0.25) is 5.95 Å². The van der Waals surface area contributed by atoms with Crippen molar-refractivity contribution in [2.75, 3.05) is 5.73 Å². The number of aromatic nitrogens is 5. The van der Waals surface area contributed by atoms with E-state index in [1.165, 1.54) is 4.68 Å². The molecule has 60 valence electrons. The third-order valence-corrected chi connectivity index (χ3v) is 1.32. The monoisotopic (exact) mass is 162 g/mol. The van der Waals surface area contributed by atoms with Crippen molar-refractivity contribution in [3.8, 4) is 5.82 Å². The minimum absolute atomic E-state index is 0.225. The van der Waals surface area contributed by atoms with Crippen LogP contribution in [0.3, 0.4) is 0 Å². The Labute approximate surface area is 68.1 Å². The van der Waals surface area contributed by atoms with E-state index >= 15 is 0 Å². The van der Waals surface area contributed by atoms with Crippen molar-refractivity contribution in [3.05, 3.63) is 24.7 Å². The quantitative estimate of drug-likeness (QED) is 0.619. The fraction of sp³-hybridized carbons (Fsp3) is 0. The molecule has 0 aliphatic rings. The minimum Gasteiger partial charge on any atom is -0.368 e. The summed E-state index contributed by atoms with van der Waals surface area (Å²) >= 11 is 0. The van der Waals surface area contributed by atoms with Gasteiger partial charge in [0.25, 0.3) is 0 Å². The molecule has 0 amide bonds. The molecule has 0 radical (unpaired) electrons. The Morgan fingerprint density at radius 1 is 1.33 bits per heavy atom. The molecule has 2 heterocycles. The molecule has 0 saturated heterocycles. The first-order valence-electron chi connectivity index (χ1n) is 3.31. The Balaban J connectivity index is 2.48. The first-order valence-corrected chi connectivity index (χ1v) is 3.31. The van der Waals surface area contributed by atoms with E-state index in [4.69, 9.17) is 5.73 Å². The van der Waals surface area contributed by atoms with Gasteiger partial charge in [-0.25, -0.2) is 9.67 Å². The highest BCUT2D eigenvalue weighted by atomic mass is 15.4. The largest absolute Gasteiger partial charge is 0.368 e. The summed E-state index contributed by atoms with van der Waals surface area (Å²) in [6.07, 6.45) is 4.82. The molecule has 0 unspecified atom stereocenters. The van der Waals surface area contributed by atoms with Crippen LogP contribution < -0.4 is 5.73 Å². The lowest BCUT2D eigenvalue weighted by Crippen LogP contribution is -2.02. The van der Waals surface area contributed by atoms with Crippen molar-refractivity contribution in [1.29, 1.82) is 0 Å². The highest BCUT2D eigenvalue weighted by Crippen LogP contribution is 2.00. The van der Waals surface area contributed by atoms with Crippen molar-refractivity contribution in [2.45, 2.75) is 0 Å². The molecule has 0 bridgehead atoms. The first-order chi connectivity index (χ1) is 5.86. The maximum atomic E-state index is 5.38. The predicted molar refractivity (Wildman–Crippen MR) is 41.4 cm³/mol. The number of hydrogen-bond donors (Lipinski definition) is 1. The number of hydrogen-bond acceptors (Lipinski definition) is 5. The molecule has 2 rings (SSSR count). The van der Waals surface area contributed by atoms with Crippen LogP contribution in [0, 0.1) is 0 Å². The summed E-state index contributed by atoms with van der Waals surface area (Å²) in [5.74, 6) is 0.836. The van der Waals surface area contributed by atoms with Gasteiger partial charge in [-0.2, -0.15) is 4.98 Å². The molecule has 0 aliphatic carbocycles. The van der Waals surface area contributed by atoms with Crippen LogP contribution in [0.15, 0.2) is 24.7 Å². The molecule has 0 spiro atoms. The Hall–Kier alpha value is -1.98. The number of anilines is 1. The highest BCUT2D eigenvalue weighted by molar-refractivity contribution is 5.26. The normalized spacial score (nSPS) is 10.0. The number of rotatable bonds is 1. The van der Waals surface area contributed by atoms with Crippen molar-refractivity contribution in [1.82, 2.24) is 25.0 Å². The average molecular weight is 162 g/mol. The molecule has 6 nitrogen and oxygen atoms in total. The van der Waals surface area contributed by atoms with Crippen LogP contribution in [-0.4, -0.2) is 25.0 Å². The lowest BCUT2D eigenvalue weighted by atomic mass is 10.6. The zero-order valence-corrected chi connectivity index (χ0v) is 6.12. The van der Waals surface area contributed by atoms with Crippen molar-refractivity contribution in [3.63, 3.8) is 0 Å². The summed E-state index contributed by atoms with van der Waals surface area (Å²) in [7, 11) is 0. The summed E-state index contributed by atoms with van der Waals surface area (Å²) in [6, 6.07) is 1.70. The maximum absolute atomic E-state index is 5.38. The molecule has 0 aliphatic heterocycles. The summed E-state index contributed by atoms with van der Waals surface area (Å²) in [4.78, 5) is 7.70. The summed E-state index contributed by atoms with van der Waals surface area (Å²) in [5.41, 5.74) is 5.38. The molecule has 2 aromatic rings. The van der Waals surface area contributed by atoms with Gasteiger partial charge in [0.1, 0.15) is 0 Å². The number of nitrogen functional groups attached to an aromatic ring is 1. The van der Waals surface area contributed by atoms with E-state index in [1.54, 1.807) is 24.7 Å².